The van der Waals surface area contributed by atoms with E-state index < -0.39 is 0 Å². The summed E-state index contributed by atoms with van der Waals surface area (Å²) in [4.78, 5) is 7.62. The number of benzene rings is 1. The molecule has 0 fully saturated rings. The van der Waals surface area contributed by atoms with Gasteiger partial charge < -0.3 is 15.0 Å². The predicted octanol–water partition coefficient (Wildman–Crippen LogP) is 4.03. The summed E-state index contributed by atoms with van der Waals surface area (Å²) in [6, 6.07) is 7.79. The van der Waals surface area contributed by atoms with Gasteiger partial charge in [-0.3, -0.25) is 0 Å². The van der Waals surface area contributed by atoms with E-state index in [9.17, 15) is 0 Å². The fourth-order valence-electron chi connectivity index (χ4n) is 1.92. The lowest BCUT2D eigenvalue weighted by Crippen LogP contribution is -2.00. The molecule has 0 saturated carbocycles. The molecule has 5 heteroatoms. The summed E-state index contributed by atoms with van der Waals surface area (Å²) in [5, 5.41) is 3.86. The summed E-state index contributed by atoms with van der Waals surface area (Å²) in [6.45, 7) is 2.79. The highest BCUT2D eigenvalue weighted by molar-refractivity contribution is 6.30. The van der Waals surface area contributed by atoms with Crippen LogP contribution >= 0.6 is 11.6 Å². The van der Waals surface area contributed by atoms with E-state index in [1.165, 1.54) is 0 Å². The molecular formula is C15H20ClN3O. The minimum absolute atomic E-state index is 0.553. The van der Waals surface area contributed by atoms with Crippen LogP contribution in [0, 0.1) is 0 Å². The van der Waals surface area contributed by atoms with Gasteiger partial charge in [0.15, 0.2) is 5.15 Å². The molecule has 1 aromatic heterocycles. The minimum atomic E-state index is 0.553. The van der Waals surface area contributed by atoms with Gasteiger partial charge in [0.2, 0.25) is 0 Å². The molecule has 2 aromatic rings. The van der Waals surface area contributed by atoms with Gasteiger partial charge in [0.05, 0.1) is 19.3 Å². The highest BCUT2D eigenvalue weighted by Crippen LogP contribution is 2.18. The largest absolute Gasteiger partial charge is 0.497 e. The van der Waals surface area contributed by atoms with Crippen molar-refractivity contribution in [3.8, 4) is 5.75 Å². The van der Waals surface area contributed by atoms with Gasteiger partial charge in [-0.25, -0.2) is 4.98 Å². The molecular weight excluding hydrogens is 274 g/mol. The number of rotatable bonds is 7. The summed E-state index contributed by atoms with van der Waals surface area (Å²) in [5.41, 5.74) is 1.94. The Labute approximate surface area is 124 Å². The number of ether oxygens (including phenoxy) is 1. The summed E-state index contributed by atoms with van der Waals surface area (Å²) in [5.74, 6) is 1.81. The topological polar surface area (TPSA) is 49.9 Å². The van der Waals surface area contributed by atoms with Crippen molar-refractivity contribution in [2.24, 2.45) is 0 Å². The van der Waals surface area contributed by atoms with E-state index in [-0.39, 0.29) is 0 Å². The van der Waals surface area contributed by atoms with Crippen molar-refractivity contribution in [2.45, 2.75) is 32.7 Å². The van der Waals surface area contributed by atoms with Gasteiger partial charge >= 0.3 is 0 Å². The third-order valence-corrected chi connectivity index (χ3v) is 3.42. The molecule has 0 aliphatic carbocycles. The fraction of sp³-hybridized carbons (Fsp3) is 0.400. The molecule has 0 unspecified atom stereocenters. The Morgan fingerprint density at radius 3 is 2.70 bits per heavy atom. The van der Waals surface area contributed by atoms with E-state index in [2.05, 4.69) is 22.2 Å². The van der Waals surface area contributed by atoms with Crippen molar-refractivity contribution in [3.63, 3.8) is 0 Å². The Hall–Kier alpha value is -1.68. The van der Waals surface area contributed by atoms with Crippen LogP contribution in [0.2, 0.25) is 5.15 Å². The van der Waals surface area contributed by atoms with Crippen molar-refractivity contribution >= 4 is 17.3 Å². The van der Waals surface area contributed by atoms with Crippen molar-refractivity contribution in [3.05, 3.63) is 40.9 Å². The number of imidazole rings is 1. The molecule has 0 amide bonds. The average Bonchev–Trinajstić information content (AvgIpc) is 2.83. The summed E-state index contributed by atoms with van der Waals surface area (Å²) in [7, 11) is 1.66. The van der Waals surface area contributed by atoms with E-state index >= 15 is 0 Å². The standard InChI is InChI=1S/C15H20ClN3O/c1-3-4-5-14-18-13(15(16)19-14)10-17-11-6-8-12(20-2)9-7-11/h6-9,17H,3-5,10H2,1-2H3,(H,18,19). The van der Waals surface area contributed by atoms with Gasteiger partial charge in [0, 0.05) is 12.1 Å². The molecule has 2 rings (SSSR count). The van der Waals surface area contributed by atoms with Crippen LogP contribution in [-0.4, -0.2) is 17.1 Å². The Balaban J connectivity index is 1.94. The maximum Gasteiger partial charge on any atom is 0.152 e. The van der Waals surface area contributed by atoms with Gasteiger partial charge in [-0.05, 0) is 30.7 Å². The highest BCUT2D eigenvalue weighted by atomic mass is 35.5. The molecule has 20 heavy (non-hydrogen) atoms. The third kappa shape index (κ3) is 3.90. The molecule has 2 N–H and O–H groups in total. The number of halogens is 1. The molecule has 0 aliphatic heterocycles. The summed E-state index contributed by atoms with van der Waals surface area (Å²) < 4.78 is 5.13. The number of unbranched alkanes of at least 4 members (excludes halogenated alkanes) is 1. The number of methoxy groups -OCH3 is 1. The number of nitrogens with zero attached hydrogens (tertiary/aromatic N) is 1. The quantitative estimate of drug-likeness (QED) is 0.810. The van der Waals surface area contributed by atoms with E-state index in [0.29, 0.717) is 11.7 Å². The number of aryl methyl sites for hydroxylation is 1. The first-order valence-corrected chi connectivity index (χ1v) is 7.22. The van der Waals surface area contributed by atoms with Crippen LogP contribution in [0.15, 0.2) is 24.3 Å². The zero-order chi connectivity index (χ0) is 14.4. The second-order valence-electron chi connectivity index (χ2n) is 4.64. The Kier molecular flexibility index (Phi) is 5.30. The maximum atomic E-state index is 6.14. The molecule has 0 saturated heterocycles. The first-order valence-electron chi connectivity index (χ1n) is 6.84. The first-order chi connectivity index (χ1) is 9.72. The fourth-order valence-corrected chi connectivity index (χ4v) is 2.13. The van der Waals surface area contributed by atoms with Crippen molar-refractivity contribution < 1.29 is 4.74 Å². The molecule has 1 heterocycles. The Morgan fingerprint density at radius 1 is 1.30 bits per heavy atom. The second-order valence-corrected chi connectivity index (χ2v) is 5.00. The van der Waals surface area contributed by atoms with Crippen LogP contribution in [0.25, 0.3) is 0 Å². The van der Waals surface area contributed by atoms with E-state index in [1.807, 2.05) is 24.3 Å². The molecule has 1 aromatic carbocycles. The van der Waals surface area contributed by atoms with Crippen LogP contribution in [0.3, 0.4) is 0 Å². The van der Waals surface area contributed by atoms with Crippen LogP contribution in [0.1, 0.15) is 31.3 Å². The monoisotopic (exact) mass is 293 g/mol. The molecule has 0 aliphatic rings. The zero-order valence-corrected chi connectivity index (χ0v) is 12.6. The van der Waals surface area contributed by atoms with Gasteiger partial charge in [-0.2, -0.15) is 0 Å². The summed E-state index contributed by atoms with van der Waals surface area (Å²) in [6.07, 6.45) is 3.21. The lowest BCUT2D eigenvalue weighted by atomic mass is 10.2. The zero-order valence-electron chi connectivity index (χ0n) is 11.9. The third-order valence-electron chi connectivity index (χ3n) is 3.10. The van der Waals surface area contributed by atoms with Crippen LogP contribution < -0.4 is 10.1 Å². The number of aromatic nitrogens is 2. The van der Waals surface area contributed by atoms with Crippen LogP contribution in [0.5, 0.6) is 5.75 Å². The first kappa shape index (κ1) is 14.7. The molecule has 0 spiro atoms. The number of hydrogen-bond donors (Lipinski definition) is 2. The van der Waals surface area contributed by atoms with Gasteiger partial charge in [-0.15, -0.1) is 0 Å². The van der Waals surface area contributed by atoms with Crippen LogP contribution in [-0.2, 0) is 13.0 Å². The second kappa shape index (κ2) is 7.20. The van der Waals surface area contributed by atoms with E-state index in [1.54, 1.807) is 7.11 Å². The number of hydrogen-bond acceptors (Lipinski definition) is 3. The van der Waals surface area contributed by atoms with Gasteiger partial charge in [-0.1, -0.05) is 24.9 Å². The molecule has 0 bridgehead atoms. The van der Waals surface area contributed by atoms with Crippen LogP contribution in [0.4, 0.5) is 5.69 Å². The average molecular weight is 294 g/mol. The number of H-pyrrole nitrogens is 1. The van der Waals surface area contributed by atoms with Gasteiger partial charge in [0.1, 0.15) is 11.6 Å². The lowest BCUT2D eigenvalue weighted by Gasteiger charge is -2.06. The molecule has 108 valence electrons. The van der Waals surface area contributed by atoms with Gasteiger partial charge in [0.25, 0.3) is 0 Å². The smallest absolute Gasteiger partial charge is 0.152 e. The number of anilines is 1. The maximum absolute atomic E-state index is 6.14. The molecule has 0 radical (unpaired) electrons. The number of aromatic amines is 1. The summed E-state index contributed by atoms with van der Waals surface area (Å²) >= 11 is 6.14. The van der Waals surface area contributed by atoms with Crippen molar-refractivity contribution in [1.82, 2.24) is 9.97 Å². The Morgan fingerprint density at radius 2 is 2.05 bits per heavy atom. The molecule has 4 nitrogen and oxygen atoms in total. The van der Waals surface area contributed by atoms with E-state index in [4.69, 9.17) is 16.3 Å². The highest BCUT2D eigenvalue weighted by Gasteiger charge is 2.07. The van der Waals surface area contributed by atoms with Crippen molar-refractivity contribution in [2.75, 3.05) is 12.4 Å². The SMILES string of the molecule is CCCCc1nc(Cl)c(CNc2ccc(OC)cc2)[nH]1. The Bertz CT molecular complexity index is 537. The van der Waals surface area contributed by atoms with Crippen molar-refractivity contribution in [1.29, 1.82) is 0 Å². The number of nitrogens with one attached hydrogen (secondary N) is 2. The minimum Gasteiger partial charge on any atom is -0.497 e. The predicted molar refractivity (Wildman–Crippen MR) is 82.5 cm³/mol. The lowest BCUT2D eigenvalue weighted by molar-refractivity contribution is 0.415. The molecule has 0 atom stereocenters. The van der Waals surface area contributed by atoms with E-state index in [0.717, 1.165) is 42.2 Å². The normalized spacial score (nSPS) is 10.6.